The number of ether oxygens (including phenoxy) is 1. The summed E-state index contributed by atoms with van der Waals surface area (Å²) in [5.41, 5.74) is 0.815. The zero-order valence-corrected chi connectivity index (χ0v) is 13.4. The van der Waals surface area contributed by atoms with Crippen LogP contribution in [0.2, 0.25) is 5.02 Å². The topological polar surface area (TPSA) is 51.2 Å². The standard InChI is InChI=1S/C16H13ClN2O2S/c1-21-16-10(5-4-8-18-16)9-19-15(20)14-13(17)11-6-2-3-7-12(11)22-14/h2-8H,9H2,1H3,(H,19,20). The van der Waals surface area contributed by atoms with Crippen LogP contribution in [0.25, 0.3) is 10.1 Å². The van der Waals surface area contributed by atoms with Gasteiger partial charge in [0.1, 0.15) is 4.88 Å². The second-order valence-electron chi connectivity index (χ2n) is 4.60. The fraction of sp³-hybridized carbons (Fsp3) is 0.125. The van der Waals surface area contributed by atoms with Gasteiger partial charge < -0.3 is 10.1 Å². The Balaban J connectivity index is 1.80. The number of thiophene rings is 1. The molecule has 0 radical (unpaired) electrons. The number of hydrogen-bond donors (Lipinski definition) is 1. The van der Waals surface area contributed by atoms with Gasteiger partial charge in [-0.05, 0) is 12.1 Å². The number of nitrogens with zero attached hydrogens (tertiary/aromatic N) is 1. The largest absolute Gasteiger partial charge is 0.481 e. The molecule has 3 rings (SSSR count). The molecule has 0 saturated heterocycles. The van der Waals surface area contributed by atoms with Crippen molar-refractivity contribution in [3.05, 3.63) is 58.1 Å². The van der Waals surface area contributed by atoms with Gasteiger partial charge in [-0.15, -0.1) is 11.3 Å². The Morgan fingerprint density at radius 3 is 2.91 bits per heavy atom. The summed E-state index contributed by atoms with van der Waals surface area (Å²) in [5, 5.41) is 4.26. The number of carbonyl (C=O) groups excluding carboxylic acids is 1. The van der Waals surface area contributed by atoms with Crippen molar-refractivity contribution in [3.63, 3.8) is 0 Å². The Hall–Kier alpha value is -2.11. The average molecular weight is 333 g/mol. The second kappa shape index (κ2) is 6.34. The van der Waals surface area contributed by atoms with Crippen LogP contribution in [0.4, 0.5) is 0 Å². The maximum Gasteiger partial charge on any atom is 0.263 e. The third-order valence-electron chi connectivity index (χ3n) is 3.22. The monoisotopic (exact) mass is 332 g/mol. The minimum atomic E-state index is -0.197. The molecule has 1 amide bonds. The SMILES string of the molecule is COc1ncccc1CNC(=O)c1sc2ccccc2c1Cl. The Labute approximate surface area is 136 Å². The molecule has 6 heteroatoms. The van der Waals surface area contributed by atoms with Gasteiger partial charge in [0.05, 0.1) is 12.1 Å². The van der Waals surface area contributed by atoms with E-state index >= 15 is 0 Å². The lowest BCUT2D eigenvalue weighted by Gasteiger charge is -2.07. The molecule has 2 heterocycles. The van der Waals surface area contributed by atoms with Crippen molar-refractivity contribution < 1.29 is 9.53 Å². The molecule has 1 N–H and O–H groups in total. The third kappa shape index (κ3) is 2.77. The van der Waals surface area contributed by atoms with Crippen LogP contribution < -0.4 is 10.1 Å². The van der Waals surface area contributed by atoms with Gasteiger partial charge in [0.25, 0.3) is 5.91 Å². The zero-order valence-electron chi connectivity index (χ0n) is 11.8. The maximum atomic E-state index is 12.4. The summed E-state index contributed by atoms with van der Waals surface area (Å²) in [6.45, 7) is 0.334. The van der Waals surface area contributed by atoms with Gasteiger partial charge in [-0.3, -0.25) is 4.79 Å². The maximum absolute atomic E-state index is 12.4. The van der Waals surface area contributed by atoms with Crippen LogP contribution in [-0.4, -0.2) is 18.0 Å². The Morgan fingerprint density at radius 2 is 2.14 bits per heavy atom. The van der Waals surface area contributed by atoms with E-state index in [4.69, 9.17) is 16.3 Å². The fourth-order valence-corrected chi connectivity index (χ4v) is 3.59. The van der Waals surface area contributed by atoms with Crippen LogP contribution in [0, 0.1) is 0 Å². The molecule has 0 aliphatic heterocycles. The number of aromatic nitrogens is 1. The lowest BCUT2D eigenvalue weighted by Crippen LogP contribution is -2.22. The van der Waals surface area contributed by atoms with Crippen LogP contribution in [-0.2, 0) is 6.54 Å². The highest BCUT2D eigenvalue weighted by atomic mass is 35.5. The highest BCUT2D eigenvalue weighted by Crippen LogP contribution is 2.35. The molecule has 0 bridgehead atoms. The molecule has 3 aromatic rings. The van der Waals surface area contributed by atoms with E-state index in [1.165, 1.54) is 11.3 Å². The summed E-state index contributed by atoms with van der Waals surface area (Å²) in [4.78, 5) is 17.0. The van der Waals surface area contributed by atoms with E-state index in [1.807, 2.05) is 30.3 Å². The first kappa shape index (κ1) is 14.8. The summed E-state index contributed by atoms with van der Waals surface area (Å²) < 4.78 is 6.17. The summed E-state index contributed by atoms with van der Waals surface area (Å²) in [6.07, 6.45) is 1.65. The van der Waals surface area contributed by atoms with Crippen molar-refractivity contribution in [1.82, 2.24) is 10.3 Å². The van der Waals surface area contributed by atoms with Gasteiger partial charge in [0, 0.05) is 28.4 Å². The van der Waals surface area contributed by atoms with Crippen LogP contribution >= 0.6 is 22.9 Å². The average Bonchev–Trinajstić information content (AvgIpc) is 2.90. The summed E-state index contributed by atoms with van der Waals surface area (Å²) in [5.74, 6) is 0.308. The van der Waals surface area contributed by atoms with Gasteiger partial charge >= 0.3 is 0 Å². The van der Waals surface area contributed by atoms with E-state index in [0.717, 1.165) is 15.6 Å². The van der Waals surface area contributed by atoms with Crippen molar-refractivity contribution in [2.45, 2.75) is 6.54 Å². The molecule has 2 aromatic heterocycles. The predicted molar refractivity (Wildman–Crippen MR) is 88.8 cm³/mol. The molecule has 0 fully saturated rings. The highest BCUT2D eigenvalue weighted by molar-refractivity contribution is 7.21. The predicted octanol–water partition coefficient (Wildman–Crippen LogP) is 3.89. The van der Waals surface area contributed by atoms with Gasteiger partial charge in [0.15, 0.2) is 0 Å². The summed E-state index contributed by atoms with van der Waals surface area (Å²) >= 11 is 7.69. The second-order valence-corrected chi connectivity index (χ2v) is 6.03. The number of carbonyl (C=O) groups is 1. The molecule has 0 atom stereocenters. The first-order chi connectivity index (χ1) is 10.7. The number of pyridine rings is 1. The fourth-order valence-electron chi connectivity index (χ4n) is 2.16. The van der Waals surface area contributed by atoms with Crippen LogP contribution in [0.5, 0.6) is 5.88 Å². The van der Waals surface area contributed by atoms with E-state index in [9.17, 15) is 4.79 Å². The van der Waals surface area contributed by atoms with Crippen molar-refractivity contribution in [2.75, 3.05) is 7.11 Å². The van der Waals surface area contributed by atoms with Crippen molar-refractivity contribution in [1.29, 1.82) is 0 Å². The van der Waals surface area contributed by atoms with Crippen molar-refractivity contribution in [3.8, 4) is 5.88 Å². The zero-order chi connectivity index (χ0) is 15.5. The lowest BCUT2D eigenvalue weighted by molar-refractivity contribution is 0.0955. The number of amides is 1. The number of rotatable bonds is 4. The molecule has 0 aliphatic carbocycles. The quantitative estimate of drug-likeness (QED) is 0.788. The van der Waals surface area contributed by atoms with Gasteiger partial charge in [-0.2, -0.15) is 0 Å². The number of nitrogens with one attached hydrogen (secondary N) is 1. The number of hydrogen-bond acceptors (Lipinski definition) is 4. The van der Waals surface area contributed by atoms with E-state index in [1.54, 1.807) is 19.4 Å². The molecule has 4 nitrogen and oxygen atoms in total. The smallest absolute Gasteiger partial charge is 0.263 e. The molecule has 112 valence electrons. The third-order valence-corrected chi connectivity index (χ3v) is 4.90. The molecule has 1 aromatic carbocycles. The molecule has 22 heavy (non-hydrogen) atoms. The van der Waals surface area contributed by atoms with Gasteiger partial charge in [-0.1, -0.05) is 35.9 Å². The molecular weight excluding hydrogens is 320 g/mol. The molecular formula is C16H13ClN2O2S. The first-order valence-electron chi connectivity index (χ1n) is 6.64. The Bertz CT molecular complexity index is 832. The number of methoxy groups -OCH3 is 1. The van der Waals surface area contributed by atoms with Gasteiger partial charge in [-0.25, -0.2) is 4.98 Å². The van der Waals surface area contributed by atoms with Crippen LogP contribution in [0.1, 0.15) is 15.2 Å². The molecule has 0 spiro atoms. The Kier molecular flexibility index (Phi) is 4.27. The van der Waals surface area contributed by atoms with Crippen molar-refractivity contribution in [2.24, 2.45) is 0 Å². The van der Waals surface area contributed by atoms with Crippen LogP contribution in [0.3, 0.4) is 0 Å². The lowest BCUT2D eigenvalue weighted by atomic mass is 10.2. The number of benzene rings is 1. The normalized spacial score (nSPS) is 10.6. The summed E-state index contributed by atoms with van der Waals surface area (Å²) in [6, 6.07) is 11.4. The molecule has 0 unspecified atom stereocenters. The van der Waals surface area contributed by atoms with E-state index in [-0.39, 0.29) is 5.91 Å². The van der Waals surface area contributed by atoms with Crippen molar-refractivity contribution >= 4 is 38.9 Å². The summed E-state index contributed by atoms with van der Waals surface area (Å²) in [7, 11) is 1.55. The Morgan fingerprint density at radius 1 is 1.32 bits per heavy atom. The van der Waals surface area contributed by atoms with E-state index in [0.29, 0.717) is 22.3 Å². The van der Waals surface area contributed by atoms with E-state index in [2.05, 4.69) is 10.3 Å². The van der Waals surface area contributed by atoms with E-state index < -0.39 is 0 Å². The minimum absolute atomic E-state index is 0.197. The first-order valence-corrected chi connectivity index (χ1v) is 7.83. The van der Waals surface area contributed by atoms with Crippen LogP contribution in [0.15, 0.2) is 42.6 Å². The number of halogens is 1. The number of fused-ring (bicyclic) bond motifs is 1. The highest BCUT2D eigenvalue weighted by Gasteiger charge is 2.17. The minimum Gasteiger partial charge on any atom is -0.481 e. The molecule has 0 aliphatic rings. The van der Waals surface area contributed by atoms with Gasteiger partial charge in [0.2, 0.25) is 5.88 Å². The molecule has 0 saturated carbocycles.